The molecular weight excluding hydrogens is 329 g/mol. The number of hydrogen-bond acceptors (Lipinski definition) is 3. The van der Waals surface area contributed by atoms with Gasteiger partial charge in [-0.2, -0.15) is 13.2 Å². The second kappa shape index (κ2) is 5.95. The Labute approximate surface area is 132 Å². The van der Waals surface area contributed by atoms with Crippen LogP contribution in [0.1, 0.15) is 5.69 Å². The van der Waals surface area contributed by atoms with Crippen molar-refractivity contribution in [1.82, 2.24) is 15.0 Å². The highest BCUT2D eigenvalue weighted by Crippen LogP contribution is 2.32. The maximum absolute atomic E-state index is 13.4. The quantitative estimate of drug-likeness (QED) is 0.646. The molecule has 0 fully saturated rings. The molecule has 3 rings (SSSR count). The molecule has 0 aliphatic heterocycles. The van der Waals surface area contributed by atoms with E-state index in [1.165, 1.54) is 24.5 Å². The van der Waals surface area contributed by atoms with Crippen molar-refractivity contribution in [2.45, 2.75) is 6.18 Å². The molecule has 8 heteroatoms. The van der Waals surface area contributed by atoms with E-state index in [9.17, 15) is 22.0 Å². The third-order valence-corrected chi connectivity index (χ3v) is 3.17. The molecular formula is C16H8F5N3. The molecule has 0 aliphatic rings. The van der Waals surface area contributed by atoms with Crippen molar-refractivity contribution in [3.8, 4) is 22.6 Å². The first-order chi connectivity index (χ1) is 11.3. The van der Waals surface area contributed by atoms with Crippen molar-refractivity contribution in [3.63, 3.8) is 0 Å². The van der Waals surface area contributed by atoms with Crippen molar-refractivity contribution in [2.75, 3.05) is 0 Å². The van der Waals surface area contributed by atoms with Gasteiger partial charge in [-0.15, -0.1) is 0 Å². The van der Waals surface area contributed by atoms with Crippen molar-refractivity contribution >= 4 is 0 Å². The molecule has 0 aliphatic carbocycles. The highest BCUT2D eigenvalue weighted by Gasteiger charge is 2.34. The lowest BCUT2D eigenvalue weighted by Gasteiger charge is -2.11. The van der Waals surface area contributed by atoms with Crippen molar-refractivity contribution < 1.29 is 22.0 Å². The summed E-state index contributed by atoms with van der Waals surface area (Å²) in [4.78, 5) is 11.3. The Morgan fingerprint density at radius 2 is 1.46 bits per heavy atom. The first-order valence-electron chi connectivity index (χ1n) is 6.67. The second-order valence-electron chi connectivity index (χ2n) is 4.82. The van der Waals surface area contributed by atoms with Gasteiger partial charge in [-0.05, 0) is 36.4 Å². The molecule has 0 atom stereocenters. The Kier molecular flexibility index (Phi) is 3.96. The van der Waals surface area contributed by atoms with Crippen LogP contribution in [0.5, 0.6) is 0 Å². The largest absolute Gasteiger partial charge is 0.433 e. The van der Waals surface area contributed by atoms with Crippen LogP contribution in [0.4, 0.5) is 22.0 Å². The standard InChI is InChI=1S/C16H8F5N3/c17-11-2-1-10(7-12(11)18)13-8-14(16(19,20)21)24-15(23-13)9-3-5-22-6-4-9/h1-8H. The van der Waals surface area contributed by atoms with Gasteiger partial charge in [-0.1, -0.05) is 0 Å². The Morgan fingerprint density at radius 1 is 0.750 bits per heavy atom. The molecule has 0 radical (unpaired) electrons. The van der Waals surface area contributed by atoms with Gasteiger partial charge in [0.25, 0.3) is 0 Å². The zero-order chi connectivity index (χ0) is 17.3. The van der Waals surface area contributed by atoms with Crippen LogP contribution in [-0.2, 0) is 6.18 Å². The molecule has 0 unspecified atom stereocenters. The van der Waals surface area contributed by atoms with E-state index >= 15 is 0 Å². The number of halogens is 5. The summed E-state index contributed by atoms with van der Waals surface area (Å²) in [6.07, 6.45) is -1.94. The molecule has 2 heterocycles. The van der Waals surface area contributed by atoms with Gasteiger partial charge in [0, 0.05) is 23.5 Å². The van der Waals surface area contributed by atoms with E-state index in [4.69, 9.17) is 0 Å². The molecule has 2 aromatic heterocycles. The highest BCUT2D eigenvalue weighted by molar-refractivity contribution is 5.64. The van der Waals surface area contributed by atoms with E-state index in [0.29, 0.717) is 11.6 Å². The lowest BCUT2D eigenvalue weighted by Crippen LogP contribution is -2.10. The summed E-state index contributed by atoms with van der Waals surface area (Å²) in [5.41, 5.74) is -1.01. The van der Waals surface area contributed by atoms with Crippen LogP contribution in [-0.4, -0.2) is 15.0 Å². The van der Waals surface area contributed by atoms with Gasteiger partial charge < -0.3 is 0 Å². The summed E-state index contributed by atoms with van der Waals surface area (Å²) < 4.78 is 65.7. The Hall–Kier alpha value is -2.90. The lowest BCUT2D eigenvalue weighted by atomic mass is 10.1. The zero-order valence-electron chi connectivity index (χ0n) is 11.9. The molecule has 3 aromatic rings. The van der Waals surface area contributed by atoms with Crippen molar-refractivity contribution in [2.24, 2.45) is 0 Å². The highest BCUT2D eigenvalue weighted by atomic mass is 19.4. The summed E-state index contributed by atoms with van der Waals surface area (Å²) >= 11 is 0. The van der Waals surface area contributed by atoms with Crippen molar-refractivity contribution in [1.29, 1.82) is 0 Å². The number of alkyl halides is 3. The van der Waals surface area contributed by atoms with Crippen LogP contribution in [0, 0.1) is 11.6 Å². The van der Waals surface area contributed by atoms with Gasteiger partial charge in [0.2, 0.25) is 0 Å². The van der Waals surface area contributed by atoms with E-state index in [2.05, 4.69) is 15.0 Å². The maximum Gasteiger partial charge on any atom is 0.433 e. The first kappa shape index (κ1) is 16.0. The Balaban J connectivity index is 2.20. The molecule has 0 saturated heterocycles. The minimum Gasteiger partial charge on any atom is -0.265 e. The van der Waals surface area contributed by atoms with Crippen LogP contribution >= 0.6 is 0 Å². The molecule has 0 amide bonds. The number of nitrogens with zero attached hydrogens (tertiary/aromatic N) is 3. The average molecular weight is 337 g/mol. The van der Waals surface area contributed by atoms with Gasteiger partial charge in [-0.25, -0.2) is 18.7 Å². The van der Waals surface area contributed by atoms with Crippen LogP contribution < -0.4 is 0 Å². The van der Waals surface area contributed by atoms with Crippen molar-refractivity contribution in [3.05, 3.63) is 66.1 Å². The zero-order valence-corrected chi connectivity index (χ0v) is 11.9. The van der Waals surface area contributed by atoms with Gasteiger partial charge in [0.15, 0.2) is 17.5 Å². The monoisotopic (exact) mass is 337 g/mol. The number of rotatable bonds is 2. The third kappa shape index (κ3) is 3.22. The minimum absolute atomic E-state index is 0.0112. The topological polar surface area (TPSA) is 38.7 Å². The average Bonchev–Trinajstić information content (AvgIpc) is 2.57. The first-order valence-corrected chi connectivity index (χ1v) is 6.67. The van der Waals surface area contributed by atoms with Crippen LogP contribution in [0.25, 0.3) is 22.6 Å². The number of hydrogen-bond donors (Lipinski definition) is 0. The van der Waals surface area contributed by atoms with Gasteiger partial charge in [0.05, 0.1) is 5.69 Å². The smallest absolute Gasteiger partial charge is 0.265 e. The Morgan fingerprint density at radius 3 is 2.08 bits per heavy atom. The summed E-state index contributed by atoms with van der Waals surface area (Å²) in [5, 5.41) is 0. The van der Waals surface area contributed by atoms with Crippen LogP contribution in [0.2, 0.25) is 0 Å². The normalized spacial score (nSPS) is 11.5. The molecule has 3 nitrogen and oxygen atoms in total. The molecule has 122 valence electrons. The number of aromatic nitrogens is 3. The molecule has 0 spiro atoms. The Bertz CT molecular complexity index is 879. The number of benzene rings is 1. The lowest BCUT2D eigenvalue weighted by molar-refractivity contribution is -0.141. The van der Waals surface area contributed by atoms with E-state index in [1.54, 1.807) is 0 Å². The van der Waals surface area contributed by atoms with Gasteiger partial charge >= 0.3 is 6.18 Å². The third-order valence-electron chi connectivity index (χ3n) is 3.17. The molecule has 1 aromatic carbocycles. The maximum atomic E-state index is 13.4. The van der Waals surface area contributed by atoms with Gasteiger partial charge in [-0.3, -0.25) is 4.98 Å². The second-order valence-corrected chi connectivity index (χ2v) is 4.82. The minimum atomic E-state index is -4.71. The van der Waals surface area contributed by atoms with E-state index in [1.807, 2.05) is 0 Å². The summed E-state index contributed by atoms with van der Waals surface area (Å²) in [6.45, 7) is 0. The fraction of sp³-hybridized carbons (Fsp3) is 0.0625. The van der Waals surface area contributed by atoms with Gasteiger partial charge in [0.1, 0.15) is 5.69 Å². The van der Waals surface area contributed by atoms with E-state index in [0.717, 1.165) is 18.2 Å². The molecule has 0 bridgehead atoms. The summed E-state index contributed by atoms with van der Waals surface area (Å²) in [5.74, 6) is -2.46. The molecule has 0 N–H and O–H groups in total. The van der Waals surface area contributed by atoms with E-state index in [-0.39, 0.29) is 17.1 Å². The van der Waals surface area contributed by atoms with Crippen LogP contribution in [0.3, 0.4) is 0 Å². The molecule has 0 saturated carbocycles. The van der Waals surface area contributed by atoms with E-state index < -0.39 is 23.5 Å². The predicted molar refractivity (Wildman–Crippen MR) is 75.6 cm³/mol. The summed E-state index contributed by atoms with van der Waals surface area (Å²) in [6, 6.07) is 6.35. The number of pyridine rings is 1. The van der Waals surface area contributed by atoms with Crippen LogP contribution in [0.15, 0.2) is 48.8 Å². The summed E-state index contributed by atoms with van der Waals surface area (Å²) in [7, 11) is 0. The fourth-order valence-electron chi connectivity index (χ4n) is 2.03. The predicted octanol–water partition coefficient (Wildman–Crippen LogP) is 4.50. The molecule has 24 heavy (non-hydrogen) atoms. The SMILES string of the molecule is Fc1ccc(-c2cc(C(F)(F)F)nc(-c3ccncc3)n2)cc1F. The fourth-order valence-corrected chi connectivity index (χ4v) is 2.03.